The van der Waals surface area contributed by atoms with E-state index in [1.54, 1.807) is 18.3 Å². The Hall–Kier alpha value is -17.7. The van der Waals surface area contributed by atoms with Crippen molar-refractivity contribution in [1.82, 2.24) is 54.8 Å². The second kappa shape index (κ2) is 33.3. The highest BCUT2D eigenvalue weighted by atomic mass is 14.9. The Labute approximate surface area is 753 Å². The number of aromatic amines is 5. The quantitative estimate of drug-likeness (QED) is 0.0898. The van der Waals surface area contributed by atoms with E-state index >= 15 is 0 Å². The summed E-state index contributed by atoms with van der Waals surface area (Å²) in [7, 11) is 0. The van der Waals surface area contributed by atoms with Crippen molar-refractivity contribution in [3.05, 3.63) is 336 Å². The number of nitrogens with zero attached hydrogens (tertiary/aromatic N) is 13. The lowest BCUT2D eigenvalue weighted by molar-refractivity contribution is 1.11. The van der Waals surface area contributed by atoms with Gasteiger partial charge in [-0.05, 0) is 325 Å². The average molecular weight is 1700 g/mol. The molecular formula is C112H83N19. The molecule has 1 fully saturated rings. The summed E-state index contributed by atoms with van der Waals surface area (Å²) in [5.41, 5.74) is 38.5. The number of H-pyrrole nitrogens is 5. The Bertz CT molecular complexity index is 9050. The molecule has 0 spiro atoms. The van der Waals surface area contributed by atoms with Crippen LogP contribution in [0.2, 0.25) is 0 Å². The summed E-state index contributed by atoms with van der Waals surface area (Å²) >= 11 is 0. The second-order valence-corrected chi connectivity index (χ2v) is 34.3. The zero-order valence-corrected chi connectivity index (χ0v) is 74.1. The number of hydrogen-bond donors (Lipinski definition) is 6. The van der Waals surface area contributed by atoms with E-state index in [0.717, 1.165) is 186 Å². The number of anilines is 2. The molecule has 6 N–H and O–H groups in total. The second-order valence-electron chi connectivity index (χ2n) is 34.3. The number of rotatable bonds is 3. The topological polar surface area (TPSA) is 315 Å². The van der Waals surface area contributed by atoms with Crippen molar-refractivity contribution in [2.24, 2.45) is 0 Å². The third kappa shape index (κ3) is 15.1. The van der Waals surface area contributed by atoms with Gasteiger partial charge in [0.1, 0.15) is 0 Å². The van der Waals surface area contributed by atoms with E-state index in [2.05, 4.69) is 257 Å². The smallest absolute Gasteiger partial charge is 0.210 e. The largest absolute Gasteiger partial charge is 0.363 e. The SMILES string of the molecule is Cc1cc2ncc(C3CC3)c(Nc3cccc(C#N)c3)c2cc1C.Cc1cc2ncc3c([nH]c4cc(C#N)cc(C#N)c43)c2cc1C.Cc1cc2ncc3c([nH]c4cccc(C#N)c43)c2cc1C.Cc1cc2ncc3c4cc(C#N)ccc4[nH]c3c2cc1C.Cc1cc2ncc3c4ccc(C#N)cc4[nH]c3c2cc1C.[C-]#[N+]c1cccc2c1[nH]c1c3cc(C)c(C)cc3ncc21. The molecule has 0 bridgehead atoms. The van der Waals surface area contributed by atoms with E-state index in [9.17, 15) is 10.5 Å². The van der Waals surface area contributed by atoms with Crippen LogP contribution in [0.25, 0.3) is 179 Å². The minimum absolute atomic E-state index is 0.477. The van der Waals surface area contributed by atoms with E-state index in [-0.39, 0.29) is 0 Å². The van der Waals surface area contributed by atoms with E-state index in [1.807, 2.05) is 128 Å². The minimum atomic E-state index is 0.477. The first-order chi connectivity index (χ1) is 63.5. The lowest BCUT2D eigenvalue weighted by atomic mass is 10.0. The maximum Gasteiger partial charge on any atom is 0.210 e. The summed E-state index contributed by atoms with van der Waals surface area (Å²) in [6.45, 7) is 32.6. The Morgan fingerprint density at radius 1 is 0.290 bits per heavy atom. The van der Waals surface area contributed by atoms with Crippen LogP contribution in [0.3, 0.4) is 0 Å². The summed E-state index contributed by atoms with van der Waals surface area (Å²) in [5, 5.41) is 75.6. The van der Waals surface area contributed by atoms with Gasteiger partial charge in [-0.3, -0.25) is 29.9 Å². The fraction of sp³-hybridized carbons (Fsp3) is 0.134. The number of para-hydroxylation sites is 1. The molecule has 1 aliphatic carbocycles. The molecule has 23 aromatic rings. The van der Waals surface area contributed by atoms with Crippen molar-refractivity contribution in [1.29, 1.82) is 31.6 Å². The van der Waals surface area contributed by atoms with Gasteiger partial charge in [-0.15, -0.1) is 0 Å². The van der Waals surface area contributed by atoms with Crippen molar-refractivity contribution in [3.8, 4) is 36.4 Å². The molecule has 0 unspecified atom stereocenters. The molecule has 1 saturated carbocycles. The van der Waals surface area contributed by atoms with Gasteiger partial charge in [0.15, 0.2) is 0 Å². The molecule has 12 aromatic carbocycles. The highest BCUT2D eigenvalue weighted by molar-refractivity contribution is 6.22. The van der Waals surface area contributed by atoms with Crippen molar-refractivity contribution >= 4 is 192 Å². The van der Waals surface area contributed by atoms with Crippen LogP contribution in [0, 0.1) is 158 Å². The van der Waals surface area contributed by atoms with Crippen LogP contribution in [0.4, 0.5) is 17.1 Å². The first kappa shape index (κ1) is 82.9. The predicted molar refractivity (Wildman–Crippen MR) is 530 cm³/mol. The highest BCUT2D eigenvalue weighted by Gasteiger charge is 2.29. The fourth-order valence-electron chi connectivity index (χ4n) is 17.8. The number of nitriles is 6. The van der Waals surface area contributed by atoms with Gasteiger partial charge in [-0.25, -0.2) is 4.85 Å². The molecule has 11 aromatic heterocycles. The number of pyridine rings is 6. The molecule has 24 rings (SSSR count). The van der Waals surface area contributed by atoms with Gasteiger partial charge in [0, 0.05) is 146 Å². The van der Waals surface area contributed by atoms with Gasteiger partial charge in [-0.2, -0.15) is 31.6 Å². The van der Waals surface area contributed by atoms with Gasteiger partial charge >= 0.3 is 0 Å². The van der Waals surface area contributed by atoms with Gasteiger partial charge < -0.3 is 30.2 Å². The maximum atomic E-state index is 9.43. The van der Waals surface area contributed by atoms with Crippen LogP contribution >= 0.6 is 0 Å². The number of nitrogens with one attached hydrogen (secondary N) is 6. The average Bonchev–Trinajstić information content (AvgIpc) is 1.63. The minimum Gasteiger partial charge on any atom is -0.363 e. The van der Waals surface area contributed by atoms with Crippen LogP contribution in [0.5, 0.6) is 0 Å². The molecule has 0 aliphatic heterocycles. The van der Waals surface area contributed by atoms with Gasteiger partial charge in [0.2, 0.25) is 5.69 Å². The highest BCUT2D eigenvalue weighted by Crippen LogP contribution is 2.47. The Kier molecular flexibility index (Phi) is 21.1. The zero-order chi connectivity index (χ0) is 91.1. The molecule has 1 aliphatic rings. The van der Waals surface area contributed by atoms with Crippen LogP contribution in [0.15, 0.2) is 219 Å². The zero-order valence-electron chi connectivity index (χ0n) is 74.1. The third-order valence-corrected chi connectivity index (χ3v) is 25.9. The van der Waals surface area contributed by atoms with E-state index < -0.39 is 0 Å². The summed E-state index contributed by atoms with van der Waals surface area (Å²) in [4.78, 5) is 48.4. The molecule has 626 valence electrons. The van der Waals surface area contributed by atoms with Crippen molar-refractivity contribution in [2.45, 2.75) is 102 Å². The number of fused-ring (bicyclic) bond motifs is 26. The van der Waals surface area contributed by atoms with Gasteiger partial charge in [0.25, 0.3) is 0 Å². The molecule has 19 heteroatoms. The standard InChI is InChI=1S/C21H19N3.C19H12N4.4C18H13N3/c1-13-8-18-20(9-14(13)2)23-12-19(16-6-7-16)21(18)24-17-5-3-4-15(10-17)11-22;1-10-3-14-16(4-11(10)2)22-9-15-18-13(8-21)5-12(7-20)6-17(18)23-19(14)15;1-10-7-13-16(8-11(10)2)20-9-14-12-5-4-6-15(19-3)18(12)21-17(13)14;1-10-5-14-17(6-11(10)2)20-9-15-13-7-12(8-19)3-4-16(13)21-18(14)15;1-10-5-14-16(6-11(10)2)20-9-15-13-4-3-12(8-19)7-17(13)21-18(14)15;1-10-6-13-16(7-11(10)2)20-9-14-17-12(8-19)4-3-5-15(17)21-18(13)14/h3-5,8-10,12,16H,6-7H2,1-2H3,(H,23,24);3-6,9,23H,1-2H3;4-9,21H,1-2H3;3*3-7,9,21H,1-2H3. The lowest BCUT2D eigenvalue weighted by Crippen LogP contribution is -1.99. The van der Waals surface area contributed by atoms with E-state index in [4.69, 9.17) is 27.6 Å². The molecule has 0 radical (unpaired) electrons. The predicted octanol–water partition coefficient (Wildman–Crippen LogP) is 27.7. The third-order valence-electron chi connectivity index (χ3n) is 25.9. The van der Waals surface area contributed by atoms with E-state index in [0.29, 0.717) is 45.0 Å². The van der Waals surface area contributed by atoms with Gasteiger partial charge in [0.05, 0.1) is 148 Å². The van der Waals surface area contributed by atoms with Crippen molar-refractivity contribution < 1.29 is 0 Å². The summed E-state index contributed by atoms with van der Waals surface area (Å²) in [6, 6.07) is 72.9. The molecular weight excluding hydrogens is 1610 g/mol. The Morgan fingerprint density at radius 3 is 1.18 bits per heavy atom. The van der Waals surface area contributed by atoms with Crippen LogP contribution in [-0.2, 0) is 0 Å². The first-order valence-electron chi connectivity index (χ1n) is 43.1. The molecule has 0 atom stereocenters. The molecule has 131 heavy (non-hydrogen) atoms. The number of hydrogen-bond acceptors (Lipinski definition) is 13. The molecule has 11 heterocycles. The molecule has 0 amide bonds. The van der Waals surface area contributed by atoms with Gasteiger partial charge in [-0.1, -0.05) is 36.4 Å². The van der Waals surface area contributed by atoms with Crippen LogP contribution in [-0.4, -0.2) is 54.8 Å². The molecule has 0 saturated heterocycles. The maximum absolute atomic E-state index is 9.43. The van der Waals surface area contributed by atoms with E-state index in [1.165, 1.54) is 85.2 Å². The normalized spacial score (nSPS) is 11.7. The Balaban J connectivity index is 0.000000102. The number of aromatic nitrogens is 11. The van der Waals surface area contributed by atoms with Crippen molar-refractivity contribution in [2.75, 3.05) is 5.32 Å². The summed E-state index contributed by atoms with van der Waals surface area (Å²) in [6.07, 6.45) is 13.9. The summed E-state index contributed by atoms with van der Waals surface area (Å²) in [5.74, 6) is 0.602. The Morgan fingerprint density at radius 2 is 0.679 bits per heavy atom. The molecule has 19 nitrogen and oxygen atoms in total. The lowest BCUT2D eigenvalue weighted by Gasteiger charge is -2.16. The summed E-state index contributed by atoms with van der Waals surface area (Å²) < 4.78 is 0. The fourth-order valence-corrected chi connectivity index (χ4v) is 17.8. The first-order valence-corrected chi connectivity index (χ1v) is 43.1. The van der Waals surface area contributed by atoms with Crippen molar-refractivity contribution in [3.63, 3.8) is 0 Å². The van der Waals surface area contributed by atoms with Crippen LogP contribution < -0.4 is 5.32 Å². The van der Waals surface area contributed by atoms with Crippen LogP contribution in [0.1, 0.15) is 124 Å². The number of aryl methyl sites for hydroxylation is 12. The monoisotopic (exact) mass is 1690 g/mol. The number of benzene rings is 12.